The lowest BCUT2D eigenvalue weighted by Crippen LogP contribution is -2.50. The zero-order valence-corrected chi connectivity index (χ0v) is 16.5. The van der Waals surface area contributed by atoms with E-state index in [1.54, 1.807) is 19.0 Å². The Labute approximate surface area is 152 Å². The minimum absolute atomic E-state index is 0.0195. The molecule has 0 aromatic carbocycles. The van der Waals surface area contributed by atoms with Crippen molar-refractivity contribution in [1.29, 1.82) is 0 Å². The summed E-state index contributed by atoms with van der Waals surface area (Å²) >= 11 is 0. The molecule has 0 bridgehead atoms. The van der Waals surface area contributed by atoms with Crippen molar-refractivity contribution in [3.05, 3.63) is 0 Å². The first-order chi connectivity index (χ1) is 11.8. The van der Waals surface area contributed by atoms with Gasteiger partial charge in [0, 0.05) is 45.7 Å². The van der Waals surface area contributed by atoms with Crippen LogP contribution in [0.3, 0.4) is 0 Å². The SMILES string of the molecule is CCCCNC(=NCC(=O)N(C)C)NC1CCN(C(=O)C(C)C)CC1. The van der Waals surface area contributed by atoms with Gasteiger partial charge in [0.25, 0.3) is 0 Å². The fourth-order valence-corrected chi connectivity index (χ4v) is 2.63. The maximum Gasteiger partial charge on any atom is 0.243 e. The van der Waals surface area contributed by atoms with Gasteiger partial charge in [0.15, 0.2) is 5.96 Å². The Morgan fingerprint density at radius 2 is 1.88 bits per heavy atom. The van der Waals surface area contributed by atoms with Crippen molar-refractivity contribution in [3.8, 4) is 0 Å². The van der Waals surface area contributed by atoms with Crippen LogP contribution in [0.25, 0.3) is 0 Å². The Balaban J connectivity index is 2.55. The number of nitrogens with one attached hydrogen (secondary N) is 2. The number of likely N-dealkylation sites (N-methyl/N-ethyl adjacent to an activating group) is 1. The second-order valence-corrected chi connectivity index (χ2v) is 7.13. The second kappa shape index (κ2) is 10.9. The molecular weight excluding hydrogens is 318 g/mol. The first kappa shape index (κ1) is 21.3. The van der Waals surface area contributed by atoms with Gasteiger partial charge in [-0.15, -0.1) is 0 Å². The summed E-state index contributed by atoms with van der Waals surface area (Å²) in [6, 6.07) is 0.276. The predicted octanol–water partition coefficient (Wildman–Crippen LogP) is 1.06. The summed E-state index contributed by atoms with van der Waals surface area (Å²) in [5.74, 6) is 0.950. The number of guanidine groups is 1. The average molecular weight is 354 g/mol. The van der Waals surface area contributed by atoms with Gasteiger partial charge in [-0.05, 0) is 19.3 Å². The highest BCUT2D eigenvalue weighted by atomic mass is 16.2. The van der Waals surface area contributed by atoms with E-state index in [0.717, 1.165) is 45.3 Å². The van der Waals surface area contributed by atoms with Gasteiger partial charge >= 0.3 is 0 Å². The summed E-state index contributed by atoms with van der Waals surface area (Å²) in [5, 5.41) is 6.73. The molecule has 1 aliphatic rings. The molecule has 0 radical (unpaired) electrons. The van der Waals surface area contributed by atoms with E-state index < -0.39 is 0 Å². The molecule has 7 nitrogen and oxygen atoms in total. The Kier molecular flexibility index (Phi) is 9.31. The Hall–Kier alpha value is -1.79. The highest BCUT2D eigenvalue weighted by Crippen LogP contribution is 2.13. The number of hydrogen-bond donors (Lipinski definition) is 2. The van der Waals surface area contributed by atoms with Gasteiger partial charge in [0.1, 0.15) is 6.54 Å². The molecule has 2 N–H and O–H groups in total. The highest BCUT2D eigenvalue weighted by Gasteiger charge is 2.24. The van der Waals surface area contributed by atoms with Crippen LogP contribution in [0.5, 0.6) is 0 Å². The third-order valence-corrected chi connectivity index (χ3v) is 4.34. The normalized spacial score (nSPS) is 16.1. The zero-order valence-electron chi connectivity index (χ0n) is 16.5. The summed E-state index contributed by atoms with van der Waals surface area (Å²) < 4.78 is 0. The molecule has 0 unspecified atom stereocenters. The predicted molar refractivity (Wildman–Crippen MR) is 101 cm³/mol. The molecule has 0 aliphatic carbocycles. The third-order valence-electron chi connectivity index (χ3n) is 4.34. The third kappa shape index (κ3) is 7.75. The van der Waals surface area contributed by atoms with Crippen molar-refractivity contribution in [3.63, 3.8) is 0 Å². The standard InChI is InChI=1S/C18H35N5O2/c1-6-7-10-19-18(20-13-16(24)22(4)5)21-15-8-11-23(12-9-15)17(25)14(2)3/h14-15H,6-13H2,1-5H3,(H2,19,20,21). The molecular formula is C18H35N5O2. The van der Waals surface area contributed by atoms with Crippen LogP contribution in [0.1, 0.15) is 46.5 Å². The summed E-state index contributed by atoms with van der Waals surface area (Å²) in [4.78, 5) is 31.7. The van der Waals surface area contributed by atoms with Gasteiger partial charge < -0.3 is 20.4 Å². The maximum absolute atomic E-state index is 12.1. The molecule has 2 amide bonds. The summed E-state index contributed by atoms with van der Waals surface area (Å²) in [5.41, 5.74) is 0. The van der Waals surface area contributed by atoms with E-state index in [2.05, 4.69) is 22.5 Å². The van der Waals surface area contributed by atoms with Crippen molar-refractivity contribution in [2.45, 2.75) is 52.5 Å². The molecule has 25 heavy (non-hydrogen) atoms. The van der Waals surface area contributed by atoms with Crippen LogP contribution in [0, 0.1) is 5.92 Å². The number of aliphatic imine (C=N–C) groups is 1. The van der Waals surface area contributed by atoms with E-state index in [9.17, 15) is 9.59 Å². The molecule has 1 heterocycles. The van der Waals surface area contributed by atoms with Gasteiger partial charge in [-0.25, -0.2) is 4.99 Å². The van der Waals surface area contributed by atoms with Gasteiger partial charge in [-0.3, -0.25) is 9.59 Å². The van der Waals surface area contributed by atoms with Crippen molar-refractivity contribution >= 4 is 17.8 Å². The first-order valence-corrected chi connectivity index (χ1v) is 9.38. The average Bonchev–Trinajstić information content (AvgIpc) is 2.59. The van der Waals surface area contributed by atoms with E-state index in [0.29, 0.717) is 5.96 Å². The van der Waals surface area contributed by atoms with Gasteiger partial charge in [-0.1, -0.05) is 27.2 Å². The van der Waals surface area contributed by atoms with Gasteiger partial charge in [-0.2, -0.15) is 0 Å². The zero-order chi connectivity index (χ0) is 18.8. The van der Waals surface area contributed by atoms with E-state index in [1.807, 2.05) is 18.7 Å². The maximum atomic E-state index is 12.1. The van der Waals surface area contributed by atoms with Crippen molar-refractivity contribution in [1.82, 2.24) is 20.4 Å². The smallest absolute Gasteiger partial charge is 0.243 e. The minimum atomic E-state index is -0.0195. The molecule has 144 valence electrons. The van der Waals surface area contributed by atoms with Crippen molar-refractivity contribution in [2.24, 2.45) is 10.9 Å². The van der Waals surface area contributed by atoms with Crippen LogP contribution in [-0.4, -0.2) is 73.9 Å². The molecule has 7 heteroatoms. The number of hydrogen-bond acceptors (Lipinski definition) is 3. The fourth-order valence-electron chi connectivity index (χ4n) is 2.63. The number of unbranched alkanes of at least 4 members (excludes halogenated alkanes) is 1. The topological polar surface area (TPSA) is 77.0 Å². The number of nitrogens with zero attached hydrogens (tertiary/aromatic N) is 3. The van der Waals surface area contributed by atoms with Gasteiger partial charge in [0.05, 0.1) is 0 Å². The van der Waals surface area contributed by atoms with Crippen molar-refractivity contribution < 1.29 is 9.59 Å². The summed E-state index contributed by atoms with van der Waals surface area (Å²) in [6.07, 6.45) is 3.96. The van der Waals surface area contributed by atoms with Crippen molar-refractivity contribution in [2.75, 3.05) is 40.3 Å². The molecule has 0 spiro atoms. The largest absolute Gasteiger partial charge is 0.356 e. The Morgan fingerprint density at radius 3 is 2.40 bits per heavy atom. The number of amides is 2. The Bertz CT molecular complexity index is 454. The summed E-state index contributed by atoms with van der Waals surface area (Å²) in [7, 11) is 3.47. The van der Waals surface area contributed by atoms with Crippen LogP contribution in [-0.2, 0) is 9.59 Å². The van der Waals surface area contributed by atoms with E-state index >= 15 is 0 Å². The fraction of sp³-hybridized carbons (Fsp3) is 0.833. The highest BCUT2D eigenvalue weighted by molar-refractivity contribution is 5.85. The van der Waals surface area contributed by atoms with Crippen LogP contribution in [0.15, 0.2) is 4.99 Å². The van der Waals surface area contributed by atoms with Crippen LogP contribution < -0.4 is 10.6 Å². The van der Waals surface area contributed by atoms with Crippen LogP contribution in [0.4, 0.5) is 0 Å². The molecule has 0 saturated carbocycles. The molecule has 0 atom stereocenters. The van der Waals surface area contributed by atoms with E-state index in [1.165, 1.54) is 0 Å². The second-order valence-electron chi connectivity index (χ2n) is 7.13. The molecule has 1 aliphatic heterocycles. The molecule has 0 aromatic rings. The molecule has 1 saturated heterocycles. The monoisotopic (exact) mass is 353 g/mol. The number of carbonyl (C=O) groups is 2. The number of rotatable bonds is 7. The number of carbonyl (C=O) groups excluding carboxylic acids is 2. The lowest BCUT2D eigenvalue weighted by Gasteiger charge is -2.34. The summed E-state index contributed by atoms with van der Waals surface area (Å²) in [6.45, 7) is 8.54. The lowest BCUT2D eigenvalue weighted by molar-refractivity contribution is -0.135. The number of piperidine rings is 1. The molecule has 1 rings (SSSR count). The Morgan fingerprint density at radius 1 is 1.24 bits per heavy atom. The quantitative estimate of drug-likeness (QED) is 0.408. The molecule has 0 aromatic heterocycles. The minimum Gasteiger partial charge on any atom is -0.356 e. The van der Waals surface area contributed by atoms with E-state index in [4.69, 9.17) is 0 Å². The first-order valence-electron chi connectivity index (χ1n) is 9.38. The van der Waals surface area contributed by atoms with Crippen LogP contribution >= 0.6 is 0 Å². The van der Waals surface area contributed by atoms with Gasteiger partial charge in [0.2, 0.25) is 11.8 Å². The lowest BCUT2D eigenvalue weighted by atomic mass is 10.0. The van der Waals surface area contributed by atoms with Crippen LogP contribution in [0.2, 0.25) is 0 Å². The molecule has 1 fully saturated rings. The number of likely N-dealkylation sites (tertiary alicyclic amines) is 1. The van der Waals surface area contributed by atoms with E-state index in [-0.39, 0.29) is 30.3 Å².